The minimum absolute atomic E-state index is 0.375. The molecule has 0 aliphatic heterocycles. The quantitative estimate of drug-likeness (QED) is 0.592. The molecule has 5 nitrogen and oxygen atoms in total. The molecule has 0 bridgehead atoms. The normalized spacial score (nSPS) is 11.2. The number of hydrogen-bond acceptors (Lipinski definition) is 4. The predicted molar refractivity (Wildman–Crippen MR) is 79.6 cm³/mol. The Morgan fingerprint density at radius 3 is 2.90 bits per heavy atom. The molecule has 0 fully saturated rings. The van der Waals surface area contributed by atoms with Crippen LogP contribution in [-0.4, -0.2) is 21.1 Å². The second-order valence-electron chi connectivity index (χ2n) is 3.91. The smallest absolute Gasteiger partial charge is 0.219 e. The zero-order valence-electron chi connectivity index (χ0n) is 10.2. The summed E-state index contributed by atoms with van der Waals surface area (Å²) in [5.41, 5.74) is 0.794. The first-order valence-corrected chi connectivity index (χ1v) is 6.54. The van der Waals surface area contributed by atoms with Gasteiger partial charge in [-0.3, -0.25) is 0 Å². The fraction of sp³-hybridized carbons (Fsp3) is 0. The summed E-state index contributed by atoms with van der Waals surface area (Å²) in [5.74, 6) is 1.08. The van der Waals surface area contributed by atoms with Crippen LogP contribution in [0.2, 0.25) is 5.02 Å². The topological polar surface area (TPSA) is 59.1 Å². The van der Waals surface area contributed by atoms with Gasteiger partial charge in [0.1, 0.15) is 0 Å². The van der Waals surface area contributed by atoms with Crippen LogP contribution in [0.15, 0.2) is 52.2 Å². The molecule has 0 spiro atoms. The largest absolute Gasteiger partial charge is 0.461 e. The molecule has 3 aromatic rings. The molecule has 7 heteroatoms. The molecule has 0 radical (unpaired) electrons. The predicted octanol–water partition coefficient (Wildman–Crippen LogP) is 3.74. The highest BCUT2D eigenvalue weighted by atomic mass is 35.5. The van der Waals surface area contributed by atoms with Crippen LogP contribution in [0.1, 0.15) is 5.56 Å². The molecule has 100 valence electrons. The van der Waals surface area contributed by atoms with Crippen molar-refractivity contribution >= 4 is 30.0 Å². The first kappa shape index (κ1) is 12.8. The third-order valence-corrected chi connectivity index (χ3v) is 3.22. The molecular formula is C13H9ClN4OS. The molecule has 1 N–H and O–H groups in total. The monoisotopic (exact) mass is 304 g/mol. The van der Waals surface area contributed by atoms with E-state index in [0.717, 1.165) is 5.56 Å². The Morgan fingerprint density at radius 2 is 2.15 bits per heavy atom. The van der Waals surface area contributed by atoms with E-state index < -0.39 is 0 Å². The first-order valence-electron chi connectivity index (χ1n) is 5.76. The molecule has 3 rings (SSSR count). The Bertz CT molecular complexity index is 804. The van der Waals surface area contributed by atoms with E-state index in [1.807, 2.05) is 18.2 Å². The van der Waals surface area contributed by atoms with Crippen LogP contribution in [0.25, 0.3) is 11.6 Å². The molecule has 0 atom stereocenters. The highest BCUT2D eigenvalue weighted by Gasteiger charge is 2.10. The Morgan fingerprint density at radius 1 is 1.30 bits per heavy atom. The van der Waals surface area contributed by atoms with Gasteiger partial charge in [0.25, 0.3) is 0 Å². The lowest BCUT2D eigenvalue weighted by molar-refractivity contribution is 0.573. The van der Waals surface area contributed by atoms with Crippen molar-refractivity contribution in [2.24, 2.45) is 5.10 Å². The third kappa shape index (κ3) is 2.43. The van der Waals surface area contributed by atoms with Crippen LogP contribution in [0.5, 0.6) is 0 Å². The van der Waals surface area contributed by atoms with Gasteiger partial charge in [0, 0.05) is 10.6 Å². The molecule has 0 unspecified atom stereocenters. The number of furan rings is 1. The van der Waals surface area contributed by atoms with Crippen molar-refractivity contribution in [3.8, 4) is 11.6 Å². The minimum atomic E-state index is 0.375. The number of benzene rings is 1. The van der Waals surface area contributed by atoms with Crippen molar-refractivity contribution in [1.29, 1.82) is 0 Å². The molecule has 0 saturated carbocycles. The highest BCUT2D eigenvalue weighted by Crippen LogP contribution is 2.18. The SMILES string of the molecule is S=c1[nH]nc(-c2ccco2)n1/N=C/c1ccccc1Cl. The van der Waals surface area contributed by atoms with E-state index in [1.54, 1.807) is 30.7 Å². The fourth-order valence-electron chi connectivity index (χ4n) is 1.66. The van der Waals surface area contributed by atoms with Crippen LogP contribution >= 0.6 is 23.8 Å². The van der Waals surface area contributed by atoms with Gasteiger partial charge < -0.3 is 4.42 Å². The third-order valence-electron chi connectivity index (χ3n) is 2.61. The summed E-state index contributed by atoms with van der Waals surface area (Å²) >= 11 is 11.2. The van der Waals surface area contributed by atoms with Crippen molar-refractivity contribution in [3.05, 3.63) is 58.0 Å². The van der Waals surface area contributed by atoms with E-state index in [9.17, 15) is 0 Å². The van der Waals surface area contributed by atoms with E-state index in [-0.39, 0.29) is 0 Å². The van der Waals surface area contributed by atoms with Gasteiger partial charge in [0.2, 0.25) is 10.6 Å². The second-order valence-corrected chi connectivity index (χ2v) is 4.70. The number of nitrogens with zero attached hydrogens (tertiary/aromatic N) is 3. The Balaban J connectivity index is 2.02. The summed E-state index contributed by atoms with van der Waals surface area (Å²) < 4.78 is 7.16. The molecule has 2 aromatic heterocycles. The molecule has 0 aliphatic carbocycles. The van der Waals surface area contributed by atoms with Crippen LogP contribution < -0.4 is 0 Å². The lowest BCUT2D eigenvalue weighted by Gasteiger charge is -1.98. The maximum absolute atomic E-state index is 6.08. The number of hydrogen-bond donors (Lipinski definition) is 1. The van der Waals surface area contributed by atoms with Crippen molar-refractivity contribution in [2.45, 2.75) is 0 Å². The summed E-state index contributed by atoms with van der Waals surface area (Å²) in [6, 6.07) is 11.0. The van der Waals surface area contributed by atoms with Gasteiger partial charge in [0.05, 0.1) is 12.5 Å². The van der Waals surface area contributed by atoms with Crippen molar-refractivity contribution < 1.29 is 4.42 Å². The van der Waals surface area contributed by atoms with E-state index in [1.165, 1.54) is 4.68 Å². The van der Waals surface area contributed by atoms with E-state index >= 15 is 0 Å². The molecular weight excluding hydrogens is 296 g/mol. The second kappa shape index (κ2) is 5.44. The Kier molecular flexibility index (Phi) is 3.49. The number of aromatic amines is 1. The lowest BCUT2D eigenvalue weighted by atomic mass is 10.2. The maximum atomic E-state index is 6.08. The van der Waals surface area contributed by atoms with Gasteiger partial charge in [-0.2, -0.15) is 9.78 Å². The highest BCUT2D eigenvalue weighted by molar-refractivity contribution is 7.71. The van der Waals surface area contributed by atoms with Crippen molar-refractivity contribution in [1.82, 2.24) is 14.9 Å². The molecule has 0 saturated heterocycles. The Labute approximate surface area is 124 Å². The molecule has 1 aromatic carbocycles. The van der Waals surface area contributed by atoms with E-state index in [0.29, 0.717) is 21.4 Å². The number of H-pyrrole nitrogens is 1. The zero-order valence-corrected chi connectivity index (χ0v) is 11.7. The summed E-state index contributed by atoms with van der Waals surface area (Å²) in [6.45, 7) is 0. The van der Waals surface area contributed by atoms with Gasteiger partial charge in [-0.15, -0.1) is 5.10 Å². The first-order chi connectivity index (χ1) is 9.75. The number of halogens is 1. The minimum Gasteiger partial charge on any atom is -0.461 e. The van der Waals surface area contributed by atoms with Gasteiger partial charge in [0.15, 0.2) is 5.76 Å². The van der Waals surface area contributed by atoms with Crippen LogP contribution in [-0.2, 0) is 0 Å². The summed E-state index contributed by atoms with van der Waals surface area (Å²) in [6.07, 6.45) is 3.19. The fourth-order valence-corrected chi connectivity index (χ4v) is 2.03. The summed E-state index contributed by atoms with van der Waals surface area (Å²) in [4.78, 5) is 0. The van der Waals surface area contributed by atoms with Crippen LogP contribution in [0.3, 0.4) is 0 Å². The number of rotatable bonds is 3. The van der Waals surface area contributed by atoms with Gasteiger partial charge in [-0.1, -0.05) is 29.8 Å². The van der Waals surface area contributed by atoms with Gasteiger partial charge >= 0.3 is 0 Å². The van der Waals surface area contributed by atoms with Gasteiger partial charge in [-0.25, -0.2) is 5.10 Å². The zero-order chi connectivity index (χ0) is 13.9. The van der Waals surface area contributed by atoms with E-state index in [2.05, 4.69) is 15.3 Å². The maximum Gasteiger partial charge on any atom is 0.219 e. The van der Waals surface area contributed by atoms with Gasteiger partial charge in [-0.05, 0) is 30.4 Å². The lowest BCUT2D eigenvalue weighted by Crippen LogP contribution is -1.94. The van der Waals surface area contributed by atoms with Crippen molar-refractivity contribution in [2.75, 3.05) is 0 Å². The molecule has 0 amide bonds. The molecule has 0 aliphatic rings. The number of nitrogens with one attached hydrogen (secondary N) is 1. The number of aromatic nitrogens is 3. The molecule has 2 heterocycles. The average molecular weight is 305 g/mol. The molecule has 20 heavy (non-hydrogen) atoms. The summed E-state index contributed by atoms with van der Waals surface area (Å²) in [7, 11) is 0. The van der Waals surface area contributed by atoms with Crippen LogP contribution in [0.4, 0.5) is 0 Å². The Hall–Kier alpha value is -2.18. The van der Waals surface area contributed by atoms with Crippen LogP contribution in [0, 0.1) is 4.77 Å². The summed E-state index contributed by atoms with van der Waals surface area (Å²) in [5, 5.41) is 11.7. The van der Waals surface area contributed by atoms with Crippen molar-refractivity contribution in [3.63, 3.8) is 0 Å². The van der Waals surface area contributed by atoms with E-state index in [4.69, 9.17) is 28.2 Å². The average Bonchev–Trinajstić information content (AvgIpc) is 3.08. The standard InChI is InChI=1S/C13H9ClN4OS/c14-10-5-2-1-4-9(10)8-15-18-12(16-17-13(18)20)11-6-3-7-19-11/h1-8H,(H,17,20)/b15-8+.